The van der Waals surface area contributed by atoms with Crippen molar-refractivity contribution in [3.8, 4) is 17.1 Å². The van der Waals surface area contributed by atoms with Crippen LogP contribution in [0.25, 0.3) is 22.3 Å². The molecule has 2 aromatic carbocycles. The van der Waals surface area contributed by atoms with E-state index in [-0.39, 0.29) is 28.8 Å². The molecule has 0 radical (unpaired) electrons. The van der Waals surface area contributed by atoms with E-state index >= 15 is 0 Å². The third kappa shape index (κ3) is 5.25. The summed E-state index contributed by atoms with van der Waals surface area (Å²) in [5.74, 6) is 1.06. The van der Waals surface area contributed by atoms with Crippen molar-refractivity contribution in [1.29, 1.82) is 0 Å². The number of para-hydroxylation sites is 1. The van der Waals surface area contributed by atoms with Crippen LogP contribution in [0.3, 0.4) is 0 Å². The Balaban J connectivity index is 0.00000324. The maximum absolute atomic E-state index is 12.5. The third-order valence-electron chi connectivity index (χ3n) is 5.92. The van der Waals surface area contributed by atoms with E-state index < -0.39 is 6.10 Å². The highest BCUT2D eigenvalue weighted by molar-refractivity contribution is 5.92. The lowest BCUT2D eigenvalue weighted by Gasteiger charge is -2.24. The van der Waals surface area contributed by atoms with E-state index in [1.807, 2.05) is 52.0 Å². The smallest absolute Gasteiger partial charge is 0.249 e. The minimum atomic E-state index is -1.02. The molecule has 1 aliphatic heterocycles. The first-order valence-corrected chi connectivity index (χ1v) is 11.4. The summed E-state index contributed by atoms with van der Waals surface area (Å²) in [6.07, 6.45) is 0.154. The van der Waals surface area contributed by atoms with Crippen LogP contribution in [0.5, 0.6) is 5.75 Å². The van der Waals surface area contributed by atoms with Crippen molar-refractivity contribution in [2.24, 2.45) is 5.41 Å². The number of rotatable bonds is 5. The Morgan fingerprint density at radius 1 is 1.24 bits per heavy atom. The standard InChI is InChI=1S/C26H32N4O3.4H2/c1-16-9-10-18-20(13-16)28-23(19-7-5-6-8-21(19)31)29-24(18)30-12-11-17(15-30)27-25(33)22(32)14-26(2,3)4;;;;/h5-10,13,17,22,31-32H,11-12,14-15H2,1-4H3,(H,27,33);4*1H/t17-,22-;;;;/m1..../s1. The summed E-state index contributed by atoms with van der Waals surface area (Å²) in [6, 6.07) is 13.1. The second kappa shape index (κ2) is 8.98. The van der Waals surface area contributed by atoms with Crippen LogP contribution in [0.2, 0.25) is 0 Å². The number of hydrogen-bond donors (Lipinski definition) is 3. The normalized spacial score (nSPS) is 17.4. The van der Waals surface area contributed by atoms with Crippen molar-refractivity contribution < 1.29 is 20.7 Å². The highest BCUT2D eigenvalue weighted by Gasteiger charge is 2.30. The lowest BCUT2D eigenvalue weighted by molar-refractivity contribution is -0.131. The van der Waals surface area contributed by atoms with Gasteiger partial charge in [-0.1, -0.05) is 39.0 Å². The molecule has 1 aromatic heterocycles. The second-order valence-corrected chi connectivity index (χ2v) is 10.1. The molecule has 1 fully saturated rings. The van der Waals surface area contributed by atoms with Crippen LogP contribution in [0, 0.1) is 12.3 Å². The second-order valence-electron chi connectivity index (χ2n) is 10.1. The average molecular weight is 457 g/mol. The molecule has 3 aromatic rings. The van der Waals surface area contributed by atoms with Gasteiger partial charge in [0.1, 0.15) is 17.7 Å². The molecule has 0 saturated carbocycles. The lowest BCUT2D eigenvalue weighted by Crippen LogP contribution is -2.43. The van der Waals surface area contributed by atoms with Crippen molar-refractivity contribution in [2.45, 2.75) is 52.7 Å². The predicted octanol–water partition coefficient (Wildman–Crippen LogP) is 4.79. The summed E-state index contributed by atoms with van der Waals surface area (Å²) in [5.41, 5.74) is 2.35. The highest BCUT2D eigenvalue weighted by atomic mass is 16.3. The van der Waals surface area contributed by atoms with E-state index in [4.69, 9.17) is 9.97 Å². The summed E-state index contributed by atoms with van der Waals surface area (Å²) < 4.78 is 0. The zero-order valence-corrected chi connectivity index (χ0v) is 19.7. The molecule has 7 nitrogen and oxygen atoms in total. The summed E-state index contributed by atoms with van der Waals surface area (Å²) in [5, 5.41) is 24.6. The summed E-state index contributed by atoms with van der Waals surface area (Å²) in [6.45, 7) is 9.35. The van der Waals surface area contributed by atoms with Gasteiger partial charge in [0.15, 0.2) is 5.82 Å². The number of nitrogens with one attached hydrogen (secondary N) is 1. The number of aromatic hydroxyl groups is 1. The average Bonchev–Trinajstić information content (AvgIpc) is 3.20. The molecular formula is C26H40N4O3. The first-order valence-electron chi connectivity index (χ1n) is 11.4. The molecule has 1 amide bonds. The largest absolute Gasteiger partial charge is 0.507 e. The Labute approximate surface area is 200 Å². The molecule has 33 heavy (non-hydrogen) atoms. The van der Waals surface area contributed by atoms with Gasteiger partial charge in [0.05, 0.1) is 11.1 Å². The molecule has 0 unspecified atom stereocenters. The summed E-state index contributed by atoms with van der Waals surface area (Å²) in [7, 11) is 0. The molecule has 1 aliphatic rings. The SMILES string of the molecule is Cc1ccc2c(N3CC[C@@H](NC(=O)[C@H](O)CC(C)(C)C)C3)nc(-c3ccccc3O)nc2c1.[HH].[HH].[HH].[HH]. The van der Waals surface area contributed by atoms with Crippen LogP contribution < -0.4 is 10.2 Å². The van der Waals surface area contributed by atoms with Crippen LogP contribution >= 0.6 is 0 Å². The molecule has 4 rings (SSSR count). The molecule has 0 spiro atoms. The van der Waals surface area contributed by atoms with Gasteiger partial charge in [-0.25, -0.2) is 9.97 Å². The van der Waals surface area contributed by atoms with Crippen molar-refractivity contribution in [3.63, 3.8) is 0 Å². The maximum atomic E-state index is 12.5. The first-order chi connectivity index (χ1) is 15.6. The molecule has 0 bridgehead atoms. The van der Waals surface area contributed by atoms with Gasteiger partial charge in [-0.2, -0.15) is 0 Å². The number of nitrogens with zero attached hydrogens (tertiary/aromatic N) is 3. The Hall–Kier alpha value is -3.19. The fraction of sp³-hybridized carbons (Fsp3) is 0.423. The number of anilines is 1. The molecular weight excluding hydrogens is 416 g/mol. The molecule has 3 N–H and O–H groups in total. The van der Waals surface area contributed by atoms with Crippen molar-refractivity contribution in [2.75, 3.05) is 18.0 Å². The Kier molecular flexibility index (Phi) is 6.26. The van der Waals surface area contributed by atoms with Crippen LogP contribution in [0.4, 0.5) is 5.82 Å². The van der Waals surface area contributed by atoms with Crippen LogP contribution in [0.15, 0.2) is 42.5 Å². The number of aryl methyl sites for hydroxylation is 1. The van der Waals surface area contributed by atoms with Gasteiger partial charge in [0, 0.05) is 30.2 Å². The van der Waals surface area contributed by atoms with Gasteiger partial charge in [-0.15, -0.1) is 0 Å². The zero-order valence-electron chi connectivity index (χ0n) is 19.7. The fourth-order valence-electron chi connectivity index (χ4n) is 4.29. The van der Waals surface area contributed by atoms with Crippen LogP contribution in [-0.2, 0) is 4.79 Å². The summed E-state index contributed by atoms with van der Waals surface area (Å²) in [4.78, 5) is 24.2. The third-order valence-corrected chi connectivity index (χ3v) is 5.92. The number of aromatic nitrogens is 2. The molecule has 2 atom stereocenters. The number of phenolic OH excluding ortho intramolecular Hbond substituents is 1. The quantitative estimate of drug-likeness (QED) is 0.511. The van der Waals surface area contributed by atoms with Gasteiger partial charge in [-0.3, -0.25) is 4.79 Å². The number of aliphatic hydroxyl groups excluding tert-OH is 1. The Morgan fingerprint density at radius 2 is 2.00 bits per heavy atom. The van der Waals surface area contributed by atoms with E-state index in [2.05, 4.69) is 10.2 Å². The monoisotopic (exact) mass is 456 g/mol. The molecule has 0 aliphatic carbocycles. The van der Waals surface area contributed by atoms with Crippen LogP contribution in [-0.4, -0.2) is 51.3 Å². The first kappa shape index (κ1) is 23.0. The number of carbonyl (C=O) groups is 1. The predicted molar refractivity (Wildman–Crippen MR) is 139 cm³/mol. The van der Waals surface area contributed by atoms with Crippen LogP contribution in [0.1, 0.15) is 44.9 Å². The lowest BCUT2D eigenvalue weighted by atomic mass is 9.89. The number of amides is 1. The zero-order chi connectivity index (χ0) is 23.8. The van der Waals surface area contributed by atoms with Gasteiger partial charge < -0.3 is 20.4 Å². The molecule has 2 heterocycles. The number of benzene rings is 2. The minimum absolute atomic E-state index is 0. The summed E-state index contributed by atoms with van der Waals surface area (Å²) >= 11 is 0. The van der Waals surface area contributed by atoms with Gasteiger partial charge in [0.25, 0.3) is 0 Å². The fourth-order valence-corrected chi connectivity index (χ4v) is 4.29. The number of aliphatic hydroxyl groups is 1. The van der Waals surface area contributed by atoms with E-state index in [1.165, 1.54) is 0 Å². The molecule has 182 valence electrons. The van der Waals surface area contributed by atoms with Crippen molar-refractivity contribution in [1.82, 2.24) is 15.3 Å². The van der Waals surface area contributed by atoms with E-state index in [9.17, 15) is 15.0 Å². The number of hydrogen-bond acceptors (Lipinski definition) is 6. The highest BCUT2D eigenvalue weighted by Crippen LogP contribution is 2.33. The van der Waals surface area contributed by atoms with E-state index in [0.29, 0.717) is 24.4 Å². The number of phenols is 1. The molecule has 7 heteroatoms. The van der Waals surface area contributed by atoms with Gasteiger partial charge >= 0.3 is 0 Å². The molecule has 1 saturated heterocycles. The Bertz CT molecular complexity index is 1190. The topological polar surface area (TPSA) is 98.6 Å². The number of fused-ring (bicyclic) bond motifs is 1. The van der Waals surface area contributed by atoms with Gasteiger partial charge in [0.2, 0.25) is 5.91 Å². The maximum Gasteiger partial charge on any atom is 0.249 e. The van der Waals surface area contributed by atoms with Crippen molar-refractivity contribution in [3.05, 3.63) is 48.0 Å². The number of carbonyl (C=O) groups excluding carboxylic acids is 1. The van der Waals surface area contributed by atoms with Crippen molar-refractivity contribution >= 4 is 22.6 Å². The Morgan fingerprint density at radius 3 is 2.73 bits per heavy atom. The van der Waals surface area contributed by atoms with E-state index in [1.54, 1.807) is 18.2 Å². The van der Waals surface area contributed by atoms with Gasteiger partial charge in [-0.05, 0) is 55.0 Å². The van der Waals surface area contributed by atoms with E-state index in [0.717, 1.165) is 35.2 Å². The minimum Gasteiger partial charge on any atom is -0.507 e.